The van der Waals surface area contributed by atoms with Crippen LogP contribution in [0.25, 0.3) is 0 Å². The molecular formula is C12H17N3O. The van der Waals surface area contributed by atoms with E-state index in [4.69, 9.17) is 11.5 Å². The maximum absolute atomic E-state index is 12.0. The lowest BCUT2D eigenvalue weighted by Gasteiger charge is -2.17. The molecule has 1 aromatic carbocycles. The SMILES string of the molecule is C=C(C)CN(C)C(=O)c1cc(N)cc(N)c1. The van der Waals surface area contributed by atoms with Crippen molar-refractivity contribution in [3.63, 3.8) is 0 Å². The van der Waals surface area contributed by atoms with Gasteiger partial charge in [-0.05, 0) is 25.1 Å². The molecule has 0 spiro atoms. The zero-order valence-corrected chi connectivity index (χ0v) is 9.66. The molecule has 1 aromatic rings. The molecule has 0 aliphatic heterocycles. The van der Waals surface area contributed by atoms with Crippen molar-refractivity contribution in [1.82, 2.24) is 4.90 Å². The Bertz CT molecular complexity index is 406. The fourth-order valence-electron chi connectivity index (χ4n) is 1.50. The minimum absolute atomic E-state index is 0.109. The molecule has 0 fully saturated rings. The van der Waals surface area contributed by atoms with Gasteiger partial charge in [-0.1, -0.05) is 12.2 Å². The van der Waals surface area contributed by atoms with Gasteiger partial charge in [0.05, 0.1) is 0 Å². The fourth-order valence-corrected chi connectivity index (χ4v) is 1.50. The highest BCUT2D eigenvalue weighted by molar-refractivity contribution is 5.96. The van der Waals surface area contributed by atoms with Gasteiger partial charge >= 0.3 is 0 Å². The molecule has 0 atom stereocenters. The first-order valence-electron chi connectivity index (χ1n) is 4.96. The lowest BCUT2D eigenvalue weighted by atomic mass is 10.1. The van der Waals surface area contributed by atoms with Gasteiger partial charge < -0.3 is 16.4 Å². The van der Waals surface area contributed by atoms with Crippen LogP contribution in [0.5, 0.6) is 0 Å². The second kappa shape index (κ2) is 4.70. The smallest absolute Gasteiger partial charge is 0.254 e. The molecule has 4 heteroatoms. The molecule has 16 heavy (non-hydrogen) atoms. The van der Waals surface area contributed by atoms with Crippen LogP contribution in [-0.4, -0.2) is 24.4 Å². The normalized spacial score (nSPS) is 9.88. The van der Waals surface area contributed by atoms with Crippen LogP contribution in [0.2, 0.25) is 0 Å². The highest BCUT2D eigenvalue weighted by Crippen LogP contribution is 2.15. The number of anilines is 2. The summed E-state index contributed by atoms with van der Waals surface area (Å²) >= 11 is 0. The average Bonchev–Trinajstić information content (AvgIpc) is 2.13. The van der Waals surface area contributed by atoms with E-state index >= 15 is 0 Å². The monoisotopic (exact) mass is 219 g/mol. The van der Waals surface area contributed by atoms with Crippen LogP contribution in [0, 0.1) is 0 Å². The first-order valence-corrected chi connectivity index (χ1v) is 4.96. The zero-order valence-electron chi connectivity index (χ0n) is 9.66. The van der Waals surface area contributed by atoms with Gasteiger partial charge in [-0.3, -0.25) is 4.79 Å². The Labute approximate surface area is 95.5 Å². The predicted octanol–water partition coefficient (Wildman–Crippen LogP) is 1.50. The molecule has 0 aromatic heterocycles. The van der Waals surface area contributed by atoms with Crippen LogP contribution in [0.3, 0.4) is 0 Å². The molecule has 0 bridgehead atoms. The number of carbonyl (C=O) groups excluding carboxylic acids is 1. The van der Waals surface area contributed by atoms with Crippen molar-refractivity contribution in [3.05, 3.63) is 35.9 Å². The van der Waals surface area contributed by atoms with Crippen LogP contribution < -0.4 is 11.5 Å². The molecule has 0 radical (unpaired) electrons. The van der Waals surface area contributed by atoms with E-state index in [-0.39, 0.29) is 5.91 Å². The number of likely N-dealkylation sites (N-methyl/N-ethyl adjacent to an activating group) is 1. The van der Waals surface area contributed by atoms with Gasteiger partial charge in [0.1, 0.15) is 0 Å². The van der Waals surface area contributed by atoms with Crippen LogP contribution >= 0.6 is 0 Å². The largest absolute Gasteiger partial charge is 0.399 e. The lowest BCUT2D eigenvalue weighted by molar-refractivity contribution is 0.0807. The van der Waals surface area contributed by atoms with E-state index in [9.17, 15) is 4.79 Å². The lowest BCUT2D eigenvalue weighted by Crippen LogP contribution is -2.28. The Hall–Kier alpha value is -1.97. The van der Waals surface area contributed by atoms with Gasteiger partial charge in [-0.25, -0.2) is 0 Å². The van der Waals surface area contributed by atoms with Crippen LogP contribution in [0.4, 0.5) is 11.4 Å². The minimum Gasteiger partial charge on any atom is -0.399 e. The number of carbonyl (C=O) groups is 1. The Balaban J connectivity index is 2.91. The predicted molar refractivity (Wildman–Crippen MR) is 67.0 cm³/mol. The number of benzene rings is 1. The molecule has 1 amide bonds. The molecule has 0 unspecified atom stereocenters. The Morgan fingerprint density at radius 2 is 1.81 bits per heavy atom. The summed E-state index contributed by atoms with van der Waals surface area (Å²) in [7, 11) is 1.72. The molecule has 4 nitrogen and oxygen atoms in total. The summed E-state index contributed by atoms with van der Waals surface area (Å²) in [5.74, 6) is -0.109. The molecule has 0 saturated carbocycles. The maximum Gasteiger partial charge on any atom is 0.254 e. The van der Waals surface area contributed by atoms with E-state index in [2.05, 4.69) is 6.58 Å². The molecular weight excluding hydrogens is 202 g/mol. The summed E-state index contributed by atoms with van der Waals surface area (Å²) in [6, 6.07) is 4.86. The van der Waals surface area contributed by atoms with Crippen molar-refractivity contribution in [3.8, 4) is 0 Å². The zero-order chi connectivity index (χ0) is 12.3. The quantitative estimate of drug-likeness (QED) is 0.597. The molecule has 86 valence electrons. The van der Waals surface area contributed by atoms with E-state index in [1.807, 2.05) is 6.92 Å². The number of hydrogen-bond donors (Lipinski definition) is 2. The second-order valence-electron chi connectivity index (χ2n) is 4.01. The van der Waals surface area contributed by atoms with Gasteiger partial charge in [0, 0.05) is 30.5 Å². The van der Waals surface area contributed by atoms with E-state index in [1.54, 1.807) is 30.1 Å². The molecule has 1 rings (SSSR count). The summed E-state index contributed by atoms with van der Waals surface area (Å²) in [6.45, 7) is 6.16. The van der Waals surface area contributed by atoms with Crippen molar-refractivity contribution in [1.29, 1.82) is 0 Å². The molecule has 0 aliphatic rings. The highest BCUT2D eigenvalue weighted by atomic mass is 16.2. The van der Waals surface area contributed by atoms with Crippen molar-refractivity contribution >= 4 is 17.3 Å². The second-order valence-corrected chi connectivity index (χ2v) is 4.01. The fraction of sp³-hybridized carbons (Fsp3) is 0.250. The van der Waals surface area contributed by atoms with Gasteiger partial charge in [-0.15, -0.1) is 0 Å². The highest BCUT2D eigenvalue weighted by Gasteiger charge is 2.12. The molecule has 0 aliphatic carbocycles. The third-order valence-electron chi connectivity index (χ3n) is 2.08. The topological polar surface area (TPSA) is 72.3 Å². The summed E-state index contributed by atoms with van der Waals surface area (Å²) in [5.41, 5.74) is 13.7. The van der Waals surface area contributed by atoms with Crippen molar-refractivity contribution in [2.45, 2.75) is 6.92 Å². The van der Waals surface area contributed by atoms with E-state index in [0.717, 1.165) is 5.57 Å². The Kier molecular flexibility index (Phi) is 3.55. The van der Waals surface area contributed by atoms with Crippen LogP contribution in [0.15, 0.2) is 30.4 Å². The number of nitrogens with zero attached hydrogens (tertiary/aromatic N) is 1. The minimum atomic E-state index is -0.109. The summed E-state index contributed by atoms with van der Waals surface area (Å²) < 4.78 is 0. The Morgan fingerprint density at radius 3 is 2.25 bits per heavy atom. The Morgan fingerprint density at radius 1 is 1.31 bits per heavy atom. The van der Waals surface area contributed by atoms with Crippen molar-refractivity contribution < 1.29 is 4.79 Å². The van der Waals surface area contributed by atoms with Gasteiger partial charge in [0.25, 0.3) is 5.91 Å². The van der Waals surface area contributed by atoms with Crippen molar-refractivity contribution in [2.24, 2.45) is 0 Å². The summed E-state index contributed by atoms with van der Waals surface area (Å²) in [5, 5.41) is 0. The van der Waals surface area contributed by atoms with E-state index < -0.39 is 0 Å². The third kappa shape index (κ3) is 3.02. The van der Waals surface area contributed by atoms with E-state index in [1.165, 1.54) is 0 Å². The average molecular weight is 219 g/mol. The molecule has 4 N–H and O–H groups in total. The first kappa shape index (κ1) is 12.1. The number of nitrogen functional groups attached to an aromatic ring is 2. The number of hydrogen-bond acceptors (Lipinski definition) is 3. The summed E-state index contributed by atoms with van der Waals surface area (Å²) in [4.78, 5) is 13.5. The van der Waals surface area contributed by atoms with Gasteiger partial charge in [-0.2, -0.15) is 0 Å². The van der Waals surface area contributed by atoms with Crippen molar-refractivity contribution in [2.75, 3.05) is 25.1 Å². The number of nitrogens with two attached hydrogens (primary N) is 2. The standard InChI is InChI=1S/C12H17N3O/c1-8(2)7-15(3)12(16)9-4-10(13)6-11(14)5-9/h4-6H,1,7,13-14H2,2-3H3. The number of amides is 1. The summed E-state index contributed by atoms with van der Waals surface area (Å²) in [6.07, 6.45) is 0. The molecule has 0 heterocycles. The molecule has 0 saturated heterocycles. The maximum atomic E-state index is 12.0. The van der Waals surface area contributed by atoms with Crippen LogP contribution in [-0.2, 0) is 0 Å². The number of rotatable bonds is 3. The van der Waals surface area contributed by atoms with Gasteiger partial charge in [0.15, 0.2) is 0 Å². The van der Waals surface area contributed by atoms with E-state index in [0.29, 0.717) is 23.5 Å². The van der Waals surface area contributed by atoms with Crippen LogP contribution in [0.1, 0.15) is 17.3 Å². The van der Waals surface area contributed by atoms with Gasteiger partial charge in [0.2, 0.25) is 0 Å². The third-order valence-corrected chi connectivity index (χ3v) is 2.08. The first-order chi connectivity index (χ1) is 7.40.